The van der Waals surface area contributed by atoms with E-state index in [1.165, 1.54) is 12.1 Å². The zero-order valence-corrected chi connectivity index (χ0v) is 14.9. The molecule has 1 rings (SSSR count). The first-order valence-electron chi connectivity index (χ1n) is 7.49. The van der Waals surface area contributed by atoms with E-state index in [2.05, 4.69) is 4.74 Å². The maximum Gasteiger partial charge on any atom is 0.517 e. The Kier molecular flexibility index (Phi) is 7.16. The number of amides is 2. The fourth-order valence-electron chi connectivity index (χ4n) is 1.95. The Morgan fingerprint density at radius 2 is 1.73 bits per heavy atom. The Morgan fingerprint density at radius 1 is 1.19 bits per heavy atom. The summed E-state index contributed by atoms with van der Waals surface area (Å²) in [6.45, 7) is 2.74. The molecule has 0 aromatic heterocycles. The minimum Gasteiger partial charge on any atom is -0.444 e. The quantitative estimate of drug-likeness (QED) is 0.791. The number of ether oxygens (including phenoxy) is 1. The smallest absolute Gasteiger partial charge is 0.444 e. The number of halogens is 3. The number of sulfonamides is 1. The number of rotatable bonds is 6. The van der Waals surface area contributed by atoms with Crippen molar-refractivity contribution in [3.05, 3.63) is 35.9 Å². The van der Waals surface area contributed by atoms with Crippen molar-refractivity contribution in [3.63, 3.8) is 0 Å². The first kappa shape index (κ1) is 21.9. The summed E-state index contributed by atoms with van der Waals surface area (Å²) in [6, 6.07) is 6.20. The molecule has 0 aliphatic rings. The lowest BCUT2D eigenvalue weighted by molar-refractivity contribution is -0.128. The molecule has 1 aromatic rings. The molecule has 0 heterocycles. The van der Waals surface area contributed by atoms with Gasteiger partial charge in [0.1, 0.15) is 6.61 Å². The predicted molar refractivity (Wildman–Crippen MR) is 85.9 cm³/mol. The molecule has 0 fully saturated rings. The van der Waals surface area contributed by atoms with Gasteiger partial charge in [0.15, 0.2) is 0 Å². The van der Waals surface area contributed by atoms with Crippen LogP contribution in [0.15, 0.2) is 30.3 Å². The molecule has 7 nitrogen and oxygen atoms in total. The van der Waals surface area contributed by atoms with Gasteiger partial charge in [0.05, 0.1) is 6.04 Å². The number of imide groups is 1. The minimum absolute atomic E-state index is 0.116. The number of nitrogens with two attached hydrogens (primary N) is 1. The van der Waals surface area contributed by atoms with Crippen LogP contribution in [0.3, 0.4) is 0 Å². The minimum atomic E-state index is -6.29. The standard InChI is InChI=1S/C15H19F3N2O5S/c1-10(2)8-12(19)13(21)20(26(23,24)15(16,17)18)14(22)25-9-11-6-4-3-5-7-11/h3-7,10,12H,8-9,19H2,1-2H3/t12-/m0/s1. The predicted octanol–water partition coefficient (Wildman–Crippen LogP) is 2.37. The topological polar surface area (TPSA) is 107 Å². The van der Waals surface area contributed by atoms with Crippen LogP contribution in [0.25, 0.3) is 0 Å². The summed E-state index contributed by atoms with van der Waals surface area (Å²) in [6.07, 6.45) is -2.08. The number of carbonyl (C=O) groups is 2. The summed E-state index contributed by atoms with van der Waals surface area (Å²) in [5, 5.41) is 0. The third-order valence-electron chi connectivity index (χ3n) is 3.15. The molecule has 0 aliphatic carbocycles. The molecule has 1 atom stereocenters. The zero-order valence-electron chi connectivity index (χ0n) is 14.1. The van der Waals surface area contributed by atoms with Crippen molar-refractivity contribution < 1.29 is 35.9 Å². The highest BCUT2D eigenvalue weighted by molar-refractivity contribution is 7.91. The molecule has 0 saturated carbocycles. The molecule has 2 amide bonds. The maximum atomic E-state index is 12.9. The Balaban J connectivity index is 3.11. The van der Waals surface area contributed by atoms with Crippen LogP contribution in [0.5, 0.6) is 0 Å². The number of carbonyl (C=O) groups excluding carboxylic acids is 2. The van der Waals surface area contributed by atoms with Crippen LogP contribution in [0.1, 0.15) is 25.8 Å². The van der Waals surface area contributed by atoms with Crippen LogP contribution < -0.4 is 5.73 Å². The van der Waals surface area contributed by atoms with Gasteiger partial charge in [-0.25, -0.2) is 4.79 Å². The number of nitrogens with zero attached hydrogens (tertiary/aromatic N) is 1. The normalized spacial score (nSPS) is 13.3. The molecule has 2 N–H and O–H groups in total. The molecular weight excluding hydrogens is 377 g/mol. The Morgan fingerprint density at radius 3 is 2.19 bits per heavy atom. The number of hydrogen-bond donors (Lipinski definition) is 1. The van der Waals surface area contributed by atoms with E-state index in [1.54, 1.807) is 32.0 Å². The monoisotopic (exact) mass is 396 g/mol. The second-order valence-electron chi connectivity index (χ2n) is 5.83. The SMILES string of the molecule is CC(C)C[C@H](N)C(=O)N(C(=O)OCc1ccccc1)S(=O)(=O)C(F)(F)F. The highest BCUT2D eigenvalue weighted by atomic mass is 32.2. The number of alkyl halides is 3. The van der Waals surface area contributed by atoms with E-state index in [1.807, 2.05) is 0 Å². The van der Waals surface area contributed by atoms with Gasteiger partial charge < -0.3 is 10.5 Å². The molecule has 0 bridgehead atoms. The fourth-order valence-corrected chi connectivity index (χ4v) is 2.78. The third kappa shape index (κ3) is 5.43. The summed E-state index contributed by atoms with van der Waals surface area (Å²) in [4.78, 5) is 24.1. The van der Waals surface area contributed by atoms with Crippen molar-refractivity contribution in [2.24, 2.45) is 11.7 Å². The molecule has 0 aliphatic heterocycles. The maximum absolute atomic E-state index is 12.9. The van der Waals surface area contributed by atoms with Gasteiger partial charge in [-0.2, -0.15) is 21.6 Å². The molecule has 26 heavy (non-hydrogen) atoms. The van der Waals surface area contributed by atoms with Gasteiger partial charge in [-0.1, -0.05) is 44.2 Å². The van der Waals surface area contributed by atoms with Gasteiger partial charge >= 0.3 is 21.6 Å². The van der Waals surface area contributed by atoms with Gasteiger partial charge in [0.2, 0.25) is 0 Å². The van der Waals surface area contributed by atoms with Crippen molar-refractivity contribution in [1.29, 1.82) is 0 Å². The van der Waals surface area contributed by atoms with E-state index in [0.29, 0.717) is 5.56 Å². The van der Waals surface area contributed by atoms with Crippen molar-refractivity contribution in [2.75, 3.05) is 0 Å². The Hall–Kier alpha value is -2.14. The van der Waals surface area contributed by atoms with Crippen molar-refractivity contribution >= 4 is 22.0 Å². The molecule has 146 valence electrons. The van der Waals surface area contributed by atoms with Crippen LogP contribution in [-0.2, 0) is 26.2 Å². The van der Waals surface area contributed by atoms with Gasteiger partial charge in [-0.05, 0) is 17.9 Å². The zero-order chi connectivity index (χ0) is 20.1. The van der Waals surface area contributed by atoms with Crippen LogP contribution in [-0.4, -0.2) is 36.3 Å². The van der Waals surface area contributed by atoms with E-state index < -0.39 is 44.5 Å². The first-order valence-corrected chi connectivity index (χ1v) is 8.93. The van der Waals surface area contributed by atoms with Crippen molar-refractivity contribution in [2.45, 2.75) is 38.4 Å². The fraction of sp³-hybridized carbons (Fsp3) is 0.467. The van der Waals surface area contributed by atoms with Crippen molar-refractivity contribution in [1.82, 2.24) is 4.31 Å². The molecule has 11 heteroatoms. The third-order valence-corrected chi connectivity index (χ3v) is 4.54. The van der Waals surface area contributed by atoms with Crippen LogP contribution in [0.4, 0.5) is 18.0 Å². The van der Waals surface area contributed by atoms with Gasteiger partial charge in [0.25, 0.3) is 5.91 Å². The van der Waals surface area contributed by atoms with Crippen LogP contribution in [0.2, 0.25) is 0 Å². The highest BCUT2D eigenvalue weighted by Crippen LogP contribution is 2.28. The Bertz CT molecular complexity index is 735. The van der Waals surface area contributed by atoms with E-state index in [4.69, 9.17) is 5.73 Å². The first-order chi connectivity index (χ1) is 11.9. The average Bonchev–Trinajstić information content (AvgIpc) is 2.52. The largest absolute Gasteiger partial charge is 0.517 e. The van der Waals surface area contributed by atoms with Crippen molar-refractivity contribution in [3.8, 4) is 0 Å². The lowest BCUT2D eigenvalue weighted by Gasteiger charge is -2.24. The Labute approximate surface area is 149 Å². The van der Waals surface area contributed by atoms with Gasteiger partial charge in [-0.3, -0.25) is 4.79 Å². The molecule has 0 radical (unpaired) electrons. The number of benzene rings is 1. The van der Waals surface area contributed by atoms with Crippen LogP contribution in [0, 0.1) is 5.92 Å². The summed E-state index contributed by atoms with van der Waals surface area (Å²) in [7, 11) is -6.29. The molecule has 0 unspecified atom stereocenters. The van der Waals surface area contributed by atoms with E-state index in [0.717, 1.165) is 0 Å². The molecule has 1 aromatic carbocycles. The second-order valence-corrected chi connectivity index (χ2v) is 7.61. The number of hydrogen-bond acceptors (Lipinski definition) is 6. The lowest BCUT2D eigenvalue weighted by atomic mass is 10.0. The summed E-state index contributed by atoms with van der Waals surface area (Å²) >= 11 is 0. The molecule has 0 saturated heterocycles. The van der Waals surface area contributed by atoms with E-state index in [-0.39, 0.29) is 12.3 Å². The average molecular weight is 396 g/mol. The molecular formula is C15H19F3N2O5S. The van der Waals surface area contributed by atoms with E-state index in [9.17, 15) is 31.2 Å². The van der Waals surface area contributed by atoms with Gasteiger partial charge in [-0.15, -0.1) is 4.31 Å². The van der Waals surface area contributed by atoms with Gasteiger partial charge in [0, 0.05) is 0 Å². The highest BCUT2D eigenvalue weighted by Gasteiger charge is 2.55. The summed E-state index contributed by atoms with van der Waals surface area (Å²) < 4.78 is 65.5. The summed E-state index contributed by atoms with van der Waals surface area (Å²) in [5.74, 6) is -1.92. The van der Waals surface area contributed by atoms with Crippen LogP contribution >= 0.6 is 0 Å². The lowest BCUT2D eigenvalue weighted by Crippen LogP contribution is -2.53. The second kappa shape index (κ2) is 8.49. The van der Waals surface area contributed by atoms with E-state index >= 15 is 0 Å². The molecule has 0 spiro atoms. The summed E-state index contributed by atoms with van der Waals surface area (Å²) in [5.41, 5.74) is -0.00305.